The molecule has 2 aromatic rings. The molecule has 0 N–H and O–H groups in total. The van der Waals surface area contributed by atoms with Gasteiger partial charge in [0, 0.05) is 6.54 Å². The molecule has 0 aliphatic carbocycles. The fraction of sp³-hybridized carbons (Fsp3) is 0.538. The monoisotopic (exact) mass is 290 g/mol. The molecule has 0 amide bonds. The maximum absolute atomic E-state index is 6.01. The van der Waals surface area contributed by atoms with Crippen LogP contribution in [0.1, 0.15) is 37.8 Å². The van der Waals surface area contributed by atoms with Crippen LogP contribution >= 0.6 is 11.6 Å². The number of hydrogen-bond acceptors (Lipinski definition) is 5. The number of halogens is 1. The van der Waals surface area contributed by atoms with Crippen LogP contribution in [0, 0.1) is 6.92 Å². The second-order valence-corrected chi connectivity index (χ2v) is 5.73. The van der Waals surface area contributed by atoms with Crippen molar-refractivity contribution in [2.24, 2.45) is 0 Å². The van der Waals surface area contributed by atoms with Gasteiger partial charge in [0.25, 0.3) is 0 Å². The number of fused-ring (bicyclic) bond motifs is 6. The second kappa shape index (κ2) is 3.91. The zero-order valence-corrected chi connectivity index (χ0v) is 12.2. The molecule has 2 aliphatic rings. The average molecular weight is 291 g/mol. The van der Waals surface area contributed by atoms with E-state index >= 15 is 0 Å². The normalized spacial score (nSPS) is 23.4. The lowest BCUT2D eigenvalue weighted by molar-refractivity contribution is 0.381. The van der Waals surface area contributed by atoms with Crippen LogP contribution < -0.4 is 4.90 Å². The van der Waals surface area contributed by atoms with Crippen molar-refractivity contribution in [3.63, 3.8) is 0 Å². The maximum atomic E-state index is 6.01. The first-order valence-corrected chi connectivity index (χ1v) is 7.28. The molecule has 1 saturated heterocycles. The Morgan fingerprint density at radius 3 is 3.05 bits per heavy atom. The predicted molar refractivity (Wildman–Crippen MR) is 75.2 cm³/mol. The summed E-state index contributed by atoms with van der Waals surface area (Å²) in [6.07, 6.45) is 4.94. The van der Waals surface area contributed by atoms with Gasteiger partial charge in [-0.1, -0.05) is 6.92 Å². The molecule has 0 spiro atoms. The van der Waals surface area contributed by atoms with Gasteiger partial charge in [-0.05, 0) is 37.8 Å². The molecule has 20 heavy (non-hydrogen) atoms. The third kappa shape index (κ3) is 1.30. The standard InChI is InChI=1S/C13H15ClN6/c1-3-13-5-4-6-19(13)10-9(7-15-12(14)16-10)20-8(2)17-18-11(13)20/h7H,3-6H2,1-2H3. The van der Waals surface area contributed by atoms with Gasteiger partial charge >= 0.3 is 0 Å². The first-order valence-electron chi connectivity index (χ1n) is 6.90. The van der Waals surface area contributed by atoms with Gasteiger partial charge in [0.05, 0.1) is 6.20 Å². The third-order valence-corrected chi connectivity index (χ3v) is 4.71. The average Bonchev–Trinajstić information content (AvgIpc) is 3.04. The van der Waals surface area contributed by atoms with Crippen molar-refractivity contribution < 1.29 is 0 Å². The van der Waals surface area contributed by atoms with E-state index in [9.17, 15) is 0 Å². The number of hydrogen-bond donors (Lipinski definition) is 0. The summed E-state index contributed by atoms with van der Waals surface area (Å²) in [6, 6.07) is 0. The summed E-state index contributed by atoms with van der Waals surface area (Å²) in [7, 11) is 0. The van der Waals surface area contributed by atoms with E-state index in [0.29, 0.717) is 0 Å². The van der Waals surface area contributed by atoms with Crippen LogP contribution in [0.15, 0.2) is 6.20 Å². The lowest BCUT2D eigenvalue weighted by Gasteiger charge is -2.42. The number of anilines is 1. The number of aryl methyl sites for hydroxylation is 1. The Labute approximate surface area is 121 Å². The fourth-order valence-electron chi connectivity index (χ4n) is 3.60. The predicted octanol–water partition coefficient (Wildman–Crippen LogP) is 2.24. The van der Waals surface area contributed by atoms with E-state index in [4.69, 9.17) is 11.6 Å². The van der Waals surface area contributed by atoms with Crippen LogP contribution in [0.5, 0.6) is 0 Å². The first kappa shape index (κ1) is 12.1. The molecule has 2 aliphatic heterocycles. The first-order chi connectivity index (χ1) is 9.67. The molecule has 0 aromatic carbocycles. The summed E-state index contributed by atoms with van der Waals surface area (Å²) in [4.78, 5) is 10.9. The molecule has 2 aromatic heterocycles. The Morgan fingerprint density at radius 1 is 1.40 bits per heavy atom. The summed E-state index contributed by atoms with van der Waals surface area (Å²) < 4.78 is 2.08. The minimum absolute atomic E-state index is 0.105. The molecule has 0 saturated carbocycles. The number of nitrogens with zero attached hydrogens (tertiary/aromatic N) is 6. The minimum Gasteiger partial charge on any atom is -0.342 e. The highest BCUT2D eigenvalue weighted by atomic mass is 35.5. The van der Waals surface area contributed by atoms with Gasteiger partial charge in [-0.25, -0.2) is 4.98 Å². The van der Waals surface area contributed by atoms with Crippen molar-refractivity contribution in [2.75, 3.05) is 11.4 Å². The largest absolute Gasteiger partial charge is 0.342 e. The Kier molecular flexibility index (Phi) is 2.36. The third-order valence-electron chi connectivity index (χ3n) is 4.53. The van der Waals surface area contributed by atoms with E-state index < -0.39 is 0 Å². The molecule has 0 radical (unpaired) electrons. The van der Waals surface area contributed by atoms with Crippen molar-refractivity contribution in [2.45, 2.75) is 38.6 Å². The molecule has 4 rings (SSSR count). The van der Waals surface area contributed by atoms with Gasteiger partial charge in [-0.15, -0.1) is 10.2 Å². The smallest absolute Gasteiger partial charge is 0.224 e. The van der Waals surface area contributed by atoms with Gasteiger partial charge in [-0.2, -0.15) is 4.98 Å². The SMILES string of the molecule is CCC12CCCN1c1nc(Cl)ncc1-n1c(C)nnc12. The van der Waals surface area contributed by atoms with Crippen molar-refractivity contribution in [1.82, 2.24) is 24.7 Å². The molecule has 0 bridgehead atoms. The lowest BCUT2D eigenvalue weighted by atomic mass is 9.90. The van der Waals surface area contributed by atoms with Gasteiger partial charge in [0.15, 0.2) is 11.6 Å². The Morgan fingerprint density at radius 2 is 2.25 bits per heavy atom. The number of rotatable bonds is 1. The van der Waals surface area contributed by atoms with Crippen LogP contribution in [0.4, 0.5) is 5.82 Å². The van der Waals surface area contributed by atoms with E-state index in [1.165, 1.54) is 0 Å². The van der Waals surface area contributed by atoms with Crippen LogP contribution in [0.2, 0.25) is 5.28 Å². The Balaban J connectivity index is 2.08. The van der Waals surface area contributed by atoms with Crippen molar-refractivity contribution in [3.05, 3.63) is 23.1 Å². The van der Waals surface area contributed by atoms with E-state index in [1.807, 2.05) is 6.92 Å². The van der Waals surface area contributed by atoms with Crippen molar-refractivity contribution >= 4 is 17.4 Å². The zero-order chi connectivity index (χ0) is 13.9. The summed E-state index contributed by atoms with van der Waals surface area (Å²) in [5.41, 5.74) is 0.823. The highest BCUT2D eigenvalue weighted by molar-refractivity contribution is 6.28. The highest BCUT2D eigenvalue weighted by Crippen LogP contribution is 2.48. The molecular formula is C13H15ClN6. The van der Waals surface area contributed by atoms with Crippen LogP contribution in [0.25, 0.3) is 5.69 Å². The zero-order valence-electron chi connectivity index (χ0n) is 11.5. The van der Waals surface area contributed by atoms with E-state index in [-0.39, 0.29) is 10.8 Å². The van der Waals surface area contributed by atoms with Crippen LogP contribution in [0.3, 0.4) is 0 Å². The van der Waals surface area contributed by atoms with Gasteiger partial charge < -0.3 is 4.90 Å². The quantitative estimate of drug-likeness (QED) is 0.754. The molecule has 1 atom stereocenters. The van der Waals surface area contributed by atoms with E-state index in [1.54, 1.807) is 6.20 Å². The van der Waals surface area contributed by atoms with E-state index in [0.717, 1.165) is 49.0 Å². The molecule has 4 heterocycles. The highest BCUT2D eigenvalue weighted by Gasteiger charge is 2.50. The van der Waals surface area contributed by atoms with Crippen molar-refractivity contribution in [1.29, 1.82) is 0 Å². The molecule has 104 valence electrons. The molecule has 1 unspecified atom stereocenters. The van der Waals surface area contributed by atoms with Crippen LogP contribution in [-0.2, 0) is 5.54 Å². The van der Waals surface area contributed by atoms with E-state index in [2.05, 4.69) is 36.6 Å². The van der Waals surface area contributed by atoms with Gasteiger partial charge in [0.2, 0.25) is 5.28 Å². The maximum Gasteiger partial charge on any atom is 0.224 e. The summed E-state index contributed by atoms with van der Waals surface area (Å²) in [5, 5.41) is 9.00. The second-order valence-electron chi connectivity index (χ2n) is 5.39. The summed E-state index contributed by atoms with van der Waals surface area (Å²) in [5.74, 6) is 2.78. The van der Waals surface area contributed by atoms with Gasteiger partial charge in [-0.3, -0.25) is 4.57 Å². The Hall–Kier alpha value is -1.69. The topological polar surface area (TPSA) is 59.7 Å². The molecule has 1 fully saturated rings. The minimum atomic E-state index is -0.105. The van der Waals surface area contributed by atoms with Gasteiger partial charge in [0.1, 0.15) is 17.1 Å². The molecule has 6 nitrogen and oxygen atoms in total. The van der Waals surface area contributed by atoms with Crippen molar-refractivity contribution in [3.8, 4) is 5.69 Å². The Bertz CT molecular complexity index is 696. The summed E-state index contributed by atoms with van der Waals surface area (Å²) in [6.45, 7) is 5.13. The fourth-order valence-corrected chi connectivity index (χ4v) is 3.73. The molecule has 7 heteroatoms. The number of aromatic nitrogens is 5. The summed E-state index contributed by atoms with van der Waals surface area (Å²) >= 11 is 6.01. The van der Waals surface area contributed by atoms with Crippen LogP contribution in [-0.4, -0.2) is 31.3 Å². The lowest BCUT2D eigenvalue weighted by Crippen LogP contribution is -2.47. The molecular weight excluding hydrogens is 276 g/mol.